The van der Waals surface area contributed by atoms with Crippen LogP contribution in [0.3, 0.4) is 0 Å². The molecule has 2 aliphatic rings. The number of aromatic nitrogens is 1. The van der Waals surface area contributed by atoms with Gasteiger partial charge in [-0.05, 0) is 0 Å². The van der Waals surface area contributed by atoms with Gasteiger partial charge in [-0.2, -0.15) is 0 Å². The molecule has 5 heteroatoms. The first-order valence-electron chi connectivity index (χ1n) is 3.63. The quantitative estimate of drug-likeness (QED) is 0.380. The van der Waals surface area contributed by atoms with Crippen molar-refractivity contribution < 1.29 is 12.4 Å². The van der Waals surface area contributed by atoms with Gasteiger partial charge in [-0.25, -0.2) is 0 Å². The number of rotatable bonds is 0. The van der Waals surface area contributed by atoms with Gasteiger partial charge in [0.2, 0.25) is 0 Å². The normalized spacial score (nSPS) is 9.69. The topological polar surface area (TPSA) is 15.9 Å². The third-order valence-corrected chi connectivity index (χ3v) is 4.86. The van der Waals surface area contributed by atoms with Gasteiger partial charge in [0.1, 0.15) is 0 Å². The van der Waals surface area contributed by atoms with E-state index in [1.54, 1.807) is 0 Å². The zero-order valence-corrected chi connectivity index (χ0v) is 10.6. The molecule has 2 nitrogen and oxygen atoms in total. The van der Waals surface area contributed by atoms with Crippen LogP contribution in [0.15, 0.2) is 18.2 Å². The molecule has 1 heterocycles. The van der Waals surface area contributed by atoms with Crippen LogP contribution in [0, 0.1) is 0 Å². The molecule has 0 spiro atoms. The van der Waals surface area contributed by atoms with Crippen LogP contribution < -0.4 is 22.3 Å². The van der Waals surface area contributed by atoms with Crippen LogP contribution >= 0.6 is 9.72 Å². The molecule has 2 rings (SSSR count). The van der Waals surface area contributed by atoms with Crippen LogP contribution in [-0.2, 0) is 0 Å². The van der Waals surface area contributed by atoms with Crippen LogP contribution in [0.4, 0.5) is 0 Å². The smallest absolute Gasteiger partial charge is 1.00 e. The molecule has 0 atom stereocenters. The summed E-state index contributed by atoms with van der Waals surface area (Å²) in [5.74, 6) is 0. The molecule has 70 valence electrons. The third-order valence-electron chi connectivity index (χ3n) is 1.72. The number of nitrogens with zero attached hydrogens (tertiary/aromatic N) is 2. The van der Waals surface area contributed by atoms with Gasteiger partial charge >= 0.3 is 80.1 Å². The average Bonchev–Trinajstić information content (AvgIpc) is 2.49. The average molecular weight is 280 g/mol. The molecule has 0 aromatic heterocycles. The maximum absolute atomic E-state index is 4.41. The molecule has 0 fully saturated rings. The van der Waals surface area contributed by atoms with Crippen molar-refractivity contribution in [2.24, 2.45) is 0 Å². The number of benzene rings is 1. The Morgan fingerprint density at radius 1 is 1.38 bits per heavy atom. The second-order valence-corrected chi connectivity index (χ2v) is 5.92. The first-order valence-corrected chi connectivity index (χ1v) is 7.24. The van der Waals surface area contributed by atoms with E-state index in [0.717, 1.165) is 0 Å². The van der Waals surface area contributed by atoms with E-state index in [1.165, 1.54) is 15.9 Å². The number of hydrogen-bond donors (Lipinski definition) is 0. The molecule has 0 amide bonds. The Bertz CT molecular complexity index is 430. The predicted molar refractivity (Wildman–Crippen MR) is 52.8 cm³/mol. The van der Waals surface area contributed by atoms with Crippen molar-refractivity contribution in [2.75, 3.05) is 14.1 Å². The summed E-state index contributed by atoms with van der Waals surface area (Å²) in [5.41, 5.74) is 1.17. The predicted octanol–water partition coefficient (Wildman–Crippen LogP) is -2.66. The summed E-state index contributed by atoms with van der Waals surface area (Å²) >= 11 is 0.382. The molecule has 0 saturated heterocycles. The second-order valence-electron chi connectivity index (χ2n) is 2.80. The summed E-state index contributed by atoms with van der Waals surface area (Å²) < 4.78 is 6.52. The van der Waals surface area contributed by atoms with Crippen molar-refractivity contribution in [3.63, 3.8) is 0 Å². The summed E-state index contributed by atoms with van der Waals surface area (Å²) in [6.07, 6.45) is 0. The second kappa shape index (κ2) is 4.38. The molecule has 0 N–H and O–H groups in total. The van der Waals surface area contributed by atoms with E-state index >= 15 is 0 Å². The zero-order valence-electron chi connectivity index (χ0n) is 7.32. The van der Waals surface area contributed by atoms with E-state index in [0.29, 0.717) is 13.6 Å². The van der Waals surface area contributed by atoms with Crippen LogP contribution in [0.25, 0.3) is 10.6 Å². The molecule has 0 radical (unpaired) electrons. The van der Waals surface area contributed by atoms with Gasteiger partial charge in [0.05, 0.1) is 0 Å². The van der Waals surface area contributed by atoms with Crippen molar-refractivity contribution in [1.29, 1.82) is 0 Å². The Morgan fingerprint density at radius 2 is 2.15 bits per heavy atom. The van der Waals surface area contributed by atoms with E-state index in [9.17, 15) is 0 Å². The maximum Gasteiger partial charge on any atom is -1.00 e. The molecule has 0 saturated carbocycles. The van der Waals surface area contributed by atoms with E-state index < -0.39 is 0 Å². The molecule has 13 heavy (non-hydrogen) atoms. The number of halogens is 1. The minimum absolute atomic E-state index is 0. The van der Waals surface area contributed by atoms with Crippen LogP contribution in [-0.4, -0.2) is 31.7 Å². The van der Waals surface area contributed by atoms with Gasteiger partial charge < -0.3 is 12.4 Å². The Morgan fingerprint density at radius 3 is 2.85 bits per heavy atom. The van der Waals surface area contributed by atoms with Gasteiger partial charge in [0, 0.05) is 0 Å². The van der Waals surface area contributed by atoms with Crippen LogP contribution in [0.5, 0.6) is 0 Å². The van der Waals surface area contributed by atoms with Crippen molar-refractivity contribution in [2.45, 2.75) is 0 Å². The fraction of sp³-hybridized carbons (Fsp3) is 0.250. The summed E-state index contributed by atoms with van der Waals surface area (Å²) in [7, 11) is 5.99. The Labute approximate surface area is 92.3 Å². The van der Waals surface area contributed by atoms with Crippen molar-refractivity contribution in [3.05, 3.63) is 23.6 Å². The van der Waals surface area contributed by atoms with E-state index in [4.69, 9.17) is 0 Å². The van der Waals surface area contributed by atoms with E-state index in [-0.39, 0.29) is 12.4 Å². The van der Waals surface area contributed by atoms with Crippen LogP contribution in [0.1, 0.15) is 0 Å². The summed E-state index contributed by atoms with van der Waals surface area (Å²) in [6.45, 7) is 0. The first-order chi connectivity index (χ1) is 5.77. The fourth-order valence-corrected chi connectivity index (χ4v) is 4.14. The van der Waals surface area contributed by atoms with Crippen molar-refractivity contribution in [1.82, 2.24) is 8.55 Å². The van der Waals surface area contributed by atoms with Crippen molar-refractivity contribution in [3.8, 4) is 10.6 Å². The van der Waals surface area contributed by atoms with Crippen LogP contribution in [0.2, 0.25) is 0 Å². The molecular formula is C8H9ClN2SSe. The van der Waals surface area contributed by atoms with Crippen molar-refractivity contribution >= 4 is 23.3 Å². The summed E-state index contributed by atoms with van der Waals surface area (Å²) in [5, 5.41) is 1.26. The molecular weight excluding hydrogens is 271 g/mol. The Balaban J connectivity index is 0.000000845. The largest absolute Gasteiger partial charge is 1.00 e. The number of fused-ring (bicyclic) bond motifs is 1. The summed E-state index contributed by atoms with van der Waals surface area (Å²) in [6, 6.07) is 6.43. The minimum atomic E-state index is 0. The SMILES string of the molecule is C[N+](C)=c1ccc2n[se]sc-2c1.[Cl-]. The Kier molecular flexibility index (Phi) is 3.68. The first kappa shape index (κ1) is 10.9. The molecule has 0 unspecified atom stereocenters. The standard InChI is InChI=1S/C8H9N2SSe.ClH/c1-10(2)6-3-4-7-8(5-6)11-12-9-7;/h3-5H,1-2H3;1H/q+1;/p-1. The van der Waals surface area contributed by atoms with Gasteiger partial charge in [-0.15, -0.1) is 0 Å². The van der Waals surface area contributed by atoms with E-state index in [1.807, 2.05) is 9.72 Å². The summed E-state index contributed by atoms with van der Waals surface area (Å²) in [4.78, 5) is 1.33. The van der Waals surface area contributed by atoms with Gasteiger partial charge in [0.25, 0.3) is 0 Å². The molecule has 0 aromatic carbocycles. The Hall–Kier alpha value is -0.151. The third kappa shape index (κ3) is 2.20. The maximum atomic E-state index is 4.41. The van der Waals surface area contributed by atoms with Gasteiger partial charge in [0.15, 0.2) is 0 Å². The van der Waals surface area contributed by atoms with E-state index in [2.05, 4.69) is 40.8 Å². The molecule has 1 aliphatic heterocycles. The minimum Gasteiger partial charge on any atom is -1.00 e. The molecule has 0 aromatic rings. The monoisotopic (exact) mass is 280 g/mol. The molecule has 0 bridgehead atoms. The van der Waals surface area contributed by atoms with Gasteiger partial charge in [-0.3, -0.25) is 0 Å². The number of hydrogen-bond acceptors (Lipinski definition) is 2. The molecule has 1 aliphatic carbocycles. The van der Waals surface area contributed by atoms with Gasteiger partial charge in [-0.1, -0.05) is 0 Å². The zero-order chi connectivity index (χ0) is 8.55. The fourth-order valence-electron chi connectivity index (χ4n) is 1.02.